The molecule has 0 aliphatic heterocycles. The highest BCUT2D eigenvalue weighted by Gasteiger charge is 2.12. The first-order valence-corrected chi connectivity index (χ1v) is 6.16. The maximum Gasteiger partial charge on any atom is 0.174 e. The fourth-order valence-corrected chi connectivity index (χ4v) is 2.19. The van der Waals surface area contributed by atoms with Crippen LogP contribution in [0.25, 0.3) is 6.08 Å². The van der Waals surface area contributed by atoms with E-state index in [0.29, 0.717) is 6.54 Å². The molecule has 1 aromatic rings. The zero-order chi connectivity index (χ0) is 12.0. The molecule has 0 unspecified atom stereocenters. The van der Waals surface area contributed by atoms with Crippen LogP contribution in [-0.2, 0) is 0 Å². The smallest absolute Gasteiger partial charge is 0.174 e. The molecule has 4 heteroatoms. The molecule has 16 heavy (non-hydrogen) atoms. The second-order valence-electron chi connectivity index (χ2n) is 3.06. The Balaban J connectivity index is 3.25. The number of hydrogen-bond donors (Lipinski definition) is 1. The first-order chi connectivity index (χ1) is 7.78. The molecular formula is C12H17NO2S. The number of nitrogens with two attached hydrogens (primary N) is 1. The van der Waals surface area contributed by atoms with E-state index in [1.807, 2.05) is 30.5 Å². The standard InChI is InChI=1S/C12H17NO2S/c1-14-10-7-6-9(5-4-8-13)12(16-3)11(10)15-2/h4-7H,8,13H2,1-3H3/b5-4+. The van der Waals surface area contributed by atoms with Gasteiger partial charge in [-0.05, 0) is 24.0 Å². The molecule has 0 aliphatic rings. The molecule has 0 bridgehead atoms. The Kier molecular flexibility index (Phi) is 5.22. The van der Waals surface area contributed by atoms with Gasteiger partial charge in [-0.3, -0.25) is 0 Å². The van der Waals surface area contributed by atoms with Crippen LogP contribution in [0.5, 0.6) is 11.5 Å². The zero-order valence-corrected chi connectivity index (χ0v) is 10.6. The Morgan fingerprint density at radius 1 is 1.31 bits per heavy atom. The van der Waals surface area contributed by atoms with Gasteiger partial charge in [0.1, 0.15) is 0 Å². The van der Waals surface area contributed by atoms with E-state index in [1.165, 1.54) is 0 Å². The predicted molar refractivity (Wildman–Crippen MR) is 69.4 cm³/mol. The molecule has 0 fully saturated rings. The number of thioether (sulfide) groups is 1. The molecule has 88 valence electrons. The van der Waals surface area contributed by atoms with Crippen molar-refractivity contribution in [3.8, 4) is 11.5 Å². The summed E-state index contributed by atoms with van der Waals surface area (Å²) in [6.07, 6.45) is 5.92. The van der Waals surface area contributed by atoms with Gasteiger partial charge in [0.05, 0.1) is 19.1 Å². The second kappa shape index (κ2) is 6.45. The first-order valence-electron chi connectivity index (χ1n) is 4.94. The lowest BCUT2D eigenvalue weighted by Crippen LogP contribution is -1.95. The Hall–Kier alpha value is -1.13. The van der Waals surface area contributed by atoms with Gasteiger partial charge in [0.15, 0.2) is 11.5 Å². The SMILES string of the molecule is COc1ccc(/C=C/CN)c(SC)c1OC. The van der Waals surface area contributed by atoms with Crippen LogP contribution in [-0.4, -0.2) is 27.0 Å². The molecule has 0 saturated heterocycles. The molecule has 0 heterocycles. The first kappa shape index (κ1) is 12.9. The molecule has 0 spiro atoms. The van der Waals surface area contributed by atoms with Gasteiger partial charge in [0.25, 0.3) is 0 Å². The molecule has 0 saturated carbocycles. The summed E-state index contributed by atoms with van der Waals surface area (Å²) in [6, 6.07) is 3.90. The molecule has 3 nitrogen and oxygen atoms in total. The van der Waals surface area contributed by atoms with E-state index in [4.69, 9.17) is 15.2 Å². The van der Waals surface area contributed by atoms with Crippen LogP contribution in [0.4, 0.5) is 0 Å². The molecule has 2 N–H and O–H groups in total. The predicted octanol–water partition coefficient (Wildman–Crippen LogP) is 2.40. The Labute approximate surface area is 101 Å². The third kappa shape index (κ3) is 2.71. The minimum atomic E-state index is 0.530. The van der Waals surface area contributed by atoms with E-state index in [2.05, 4.69) is 0 Å². The molecule has 0 aliphatic carbocycles. The van der Waals surface area contributed by atoms with Gasteiger partial charge in [-0.15, -0.1) is 11.8 Å². The lowest BCUT2D eigenvalue weighted by Gasteiger charge is -2.13. The van der Waals surface area contributed by atoms with Crippen LogP contribution >= 0.6 is 11.8 Å². The van der Waals surface area contributed by atoms with Crippen LogP contribution in [0.15, 0.2) is 23.1 Å². The highest BCUT2D eigenvalue weighted by molar-refractivity contribution is 7.98. The zero-order valence-electron chi connectivity index (χ0n) is 9.82. The number of hydrogen-bond acceptors (Lipinski definition) is 4. The van der Waals surface area contributed by atoms with Crippen LogP contribution in [0, 0.1) is 0 Å². The van der Waals surface area contributed by atoms with Crippen molar-refractivity contribution in [2.45, 2.75) is 4.90 Å². The molecule has 1 aromatic carbocycles. The van der Waals surface area contributed by atoms with E-state index >= 15 is 0 Å². The maximum absolute atomic E-state index is 5.44. The van der Waals surface area contributed by atoms with E-state index in [1.54, 1.807) is 26.0 Å². The Morgan fingerprint density at radius 3 is 2.56 bits per heavy atom. The molecule has 1 rings (SSSR count). The van der Waals surface area contributed by atoms with Crippen molar-refractivity contribution in [2.24, 2.45) is 5.73 Å². The van der Waals surface area contributed by atoms with Gasteiger partial charge in [0.2, 0.25) is 0 Å². The summed E-state index contributed by atoms with van der Waals surface area (Å²) in [7, 11) is 3.28. The number of methoxy groups -OCH3 is 2. The van der Waals surface area contributed by atoms with Gasteiger partial charge < -0.3 is 15.2 Å². The van der Waals surface area contributed by atoms with E-state index in [9.17, 15) is 0 Å². The van der Waals surface area contributed by atoms with Gasteiger partial charge >= 0.3 is 0 Å². The van der Waals surface area contributed by atoms with Crippen LogP contribution in [0.1, 0.15) is 5.56 Å². The topological polar surface area (TPSA) is 44.5 Å². The third-order valence-corrected chi connectivity index (χ3v) is 3.00. The third-order valence-electron chi connectivity index (χ3n) is 2.17. The summed E-state index contributed by atoms with van der Waals surface area (Å²) in [4.78, 5) is 1.06. The Bertz CT molecular complexity index is 378. The molecule has 0 aromatic heterocycles. The minimum absolute atomic E-state index is 0.530. The van der Waals surface area contributed by atoms with Crippen molar-refractivity contribution < 1.29 is 9.47 Å². The van der Waals surface area contributed by atoms with Crippen molar-refractivity contribution in [2.75, 3.05) is 27.0 Å². The highest BCUT2D eigenvalue weighted by atomic mass is 32.2. The van der Waals surface area contributed by atoms with Gasteiger partial charge in [0, 0.05) is 6.54 Å². The fraction of sp³-hybridized carbons (Fsp3) is 0.333. The average molecular weight is 239 g/mol. The van der Waals surface area contributed by atoms with Crippen molar-refractivity contribution in [3.63, 3.8) is 0 Å². The van der Waals surface area contributed by atoms with E-state index < -0.39 is 0 Å². The van der Waals surface area contributed by atoms with Crippen LogP contribution in [0.3, 0.4) is 0 Å². The molecule has 0 radical (unpaired) electrons. The number of rotatable bonds is 5. The summed E-state index contributed by atoms with van der Waals surface area (Å²) < 4.78 is 10.6. The molecule has 0 amide bonds. The van der Waals surface area contributed by atoms with E-state index in [0.717, 1.165) is 22.0 Å². The average Bonchev–Trinajstić information content (AvgIpc) is 2.34. The monoisotopic (exact) mass is 239 g/mol. The second-order valence-corrected chi connectivity index (χ2v) is 3.88. The van der Waals surface area contributed by atoms with Crippen LogP contribution < -0.4 is 15.2 Å². The van der Waals surface area contributed by atoms with Gasteiger partial charge in [-0.2, -0.15) is 0 Å². The normalized spacial score (nSPS) is 10.8. The van der Waals surface area contributed by atoms with Crippen molar-refractivity contribution in [1.29, 1.82) is 0 Å². The summed E-state index contributed by atoms with van der Waals surface area (Å²) in [6.45, 7) is 0.530. The minimum Gasteiger partial charge on any atom is -0.493 e. The van der Waals surface area contributed by atoms with Crippen molar-refractivity contribution in [1.82, 2.24) is 0 Å². The largest absolute Gasteiger partial charge is 0.493 e. The summed E-state index contributed by atoms with van der Waals surface area (Å²) >= 11 is 1.63. The van der Waals surface area contributed by atoms with E-state index in [-0.39, 0.29) is 0 Å². The molecule has 0 atom stereocenters. The Morgan fingerprint density at radius 2 is 2.06 bits per heavy atom. The lowest BCUT2D eigenvalue weighted by atomic mass is 10.2. The number of benzene rings is 1. The highest BCUT2D eigenvalue weighted by Crippen LogP contribution is 2.39. The lowest BCUT2D eigenvalue weighted by molar-refractivity contribution is 0.348. The van der Waals surface area contributed by atoms with Gasteiger partial charge in [-0.25, -0.2) is 0 Å². The summed E-state index contributed by atoms with van der Waals surface area (Å²) in [5.41, 5.74) is 6.54. The summed E-state index contributed by atoms with van der Waals surface area (Å²) in [5, 5.41) is 0. The van der Waals surface area contributed by atoms with Crippen molar-refractivity contribution in [3.05, 3.63) is 23.8 Å². The van der Waals surface area contributed by atoms with Gasteiger partial charge in [-0.1, -0.05) is 12.2 Å². The summed E-state index contributed by atoms with van der Waals surface area (Å²) in [5.74, 6) is 1.52. The molecular weight excluding hydrogens is 222 g/mol. The maximum atomic E-state index is 5.44. The van der Waals surface area contributed by atoms with Crippen LogP contribution in [0.2, 0.25) is 0 Å². The fourth-order valence-electron chi connectivity index (χ4n) is 1.45. The van der Waals surface area contributed by atoms with Crippen molar-refractivity contribution >= 4 is 17.8 Å². The number of ether oxygens (including phenoxy) is 2. The quantitative estimate of drug-likeness (QED) is 0.801.